The van der Waals surface area contributed by atoms with Gasteiger partial charge in [-0.25, -0.2) is 0 Å². The topological polar surface area (TPSA) is 54.4 Å². The average molecular weight is 773 g/mol. The summed E-state index contributed by atoms with van der Waals surface area (Å²) < 4.78 is 134. The number of hydrogen-bond acceptors (Lipinski definition) is 2. The van der Waals surface area contributed by atoms with Crippen LogP contribution in [0.3, 0.4) is 0 Å². The number of hydrogen-bond donors (Lipinski definition) is 1. The monoisotopic (exact) mass is 772 g/mol. The molecule has 0 aliphatic heterocycles. The van der Waals surface area contributed by atoms with Gasteiger partial charge in [0.15, 0.2) is 0 Å². The van der Waals surface area contributed by atoms with Crippen molar-refractivity contribution in [2.24, 2.45) is 0 Å². The van der Waals surface area contributed by atoms with Crippen molar-refractivity contribution in [3.05, 3.63) is 89.5 Å². The Morgan fingerprint density at radius 3 is 0.980 bits per heavy atom. The van der Waals surface area contributed by atoms with Crippen molar-refractivity contribution in [1.29, 1.82) is 0 Å². The molecule has 0 heterocycles. The lowest BCUT2D eigenvalue weighted by Crippen LogP contribution is -2.63. The molecule has 286 valence electrons. The molecule has 0 atom stereocenters. The molecule has 3 rings (SSSR count). The van der Waals surface area contributed by atoms with Crippen LogP contribution < -0.4 is 15.9 Å². The predicted octanol–water partition coefficient (Wildman–Crippen LogP) is 10.9. The molecule has 0 radical (unpaired) electrons. The third-order valence-corrected chi connectivity index (χ3v) is 11.6. The lowest BCUT2D eigenvalue weighted by atomic mass is 10.1. The lowest BCUT2D eigenvalue weighted by Gasteiger charge is -2.31. The fraction of sp³-hybridized carbons (Fsp3) is 0.514. The van der Waals surface area contributed by atoms with Crippen LogP contribution in [0.5, 0.6) is 0 Å². The highest BCUT2D eigenvalue weighted by Gasteiger charge is 2.85. The van der Waals surface area contributed by atoms with Gasteiger partial charge in [-0.1, -0.05) is 132 Å². The molecular formula is C37H46F9O3PS. The third-order valence-electron chi connectivity index (χ3n) is 8.23. The summed E-state index contributed by atoms with van der Waals surface area (Å²) in [6.45, 7) is 6.83. The number of aryl methyl sites for hydroxylation is 3. The molecule has 0 aliphatic rings. The summed E-state index contributed by atoms with van der Waals surface area (Å²) in [6.07, 6.45) is 8.17. The number of alkyl halides is 9. The van der Waals surface area contributed by atoms with E-state index in [-0.39, 0.29) is 0 Å². The maximum Gasteiger partial charge on any atom is 0.460 e. The van der Waals surface area contributed by atoms with Gasteiger partial charge in [-0.05, 0) is 79.1 Å². The van der Waals surface area contributed by atoms with Crippen molar-refractivity contribution in [2.75, 3.05) is 0 Å². The van der Waals surface area contributed by atoms with E-state index in [1.54, 1.807) is 0 Å². The summed E-state index contributed by atoms with van der Waals surface area (Å²) in [5.41, 5.74) is 4.43. The van der Waals surface area contributed by atoms with Gasteiger partial charge in [0.05, 0.1) is 0 Å². The van der Waals surface area contributed by atoms with Crippen LogP contribution in [0.15, 0.2) is 72.8 Å². The Bertz CT molecular complexity index is 1430. The standard InChI is InChI=1S/C33H45P.C4HF9O3S/c1-4-7-10-13-28-16-22-31(23-17-28)34(32-24-18-29(19-25-32)14-11-8-5-2)33-26-20-30(21-27-33)15-12-9-6-3;5-1(6,3(9,10)11)2(7,8)4(12,13)17(14,15)16/h16-27H,4-15H2,1-3H3;(H,14,15,16). The fourth-order valence-electron chi connectivity index (χ4n) is 5.14. The van der Waals surface area contributed by atoms with E-state index in [9.17, 15) is 47.9 Å². The largest absolute Gasteiger partial charge is 0.460 e. The van der Waals surface area contributed by atoms with Gasteiger partial charge < -0.3 is 0 Å². The highest BCUT2D eigenvalue weighted by atomic mass is 32.2. The van der Waals surface area contributed by atoms with Crippen molar-refractivity contribution in [1.82, 2.24) is 0 Å². The summed E-state index contributed by atoms with van der Waals surface area (Å²) in [6, 6.07) is 28.6. The summed E-state index contributed by atoms with van der Waals surface area (Å²) in [4.78, 5) is 0. The zero-order valence-corrected chi connectivity index (χ0v) is 30.6. The number of unbranched alkanes of at least 4 members (excludes halogenated alkanes) is 6. The van der Waals surface area contributed by atoms with Gasteiger partial charge in [0.25, 0.3) is 0 Å². The first kappa shape index (κ1) is 44.5. The average Bonchev–Trinajstić information content (AvgIpc) is 3.06. The van der Waals surface area contributed by atoms with E-state index in [0.717, 1.165) is 0 Å². The zero-order chi connectivity index (χ0) is 38.5. The second kappa shape index (κ2) is 19.4. The third kappa shape index (κ3) is 11.9. The molecule has 0 saturated carbocycles. The summed E-state index contributed by atoms with van der Waals surface area (Å²) in [7, 11) is -7.70. The van der Waals surface area contributed by atoms with Crippen LogP contribution in [0.2, 0.25) is 0 Å². The number of benzene rings is 3. The minimum Gasteiger partial charge on any atom is -0.281 e. The predicted molar refractivity (Wildman–Crippen MR) is 187 cm³/mol. The molecule has 3 aromatic carbocycles. The maximum atomic E-state index is 12.2. The molecule has 0 spiro atoms. The SMILES string of the molecule is CCCCCc1ccc(P(c2ccc(CCCCC)cc2)c2ccc(CCCCC)cc2)cc1.O=S(=O)(O)C(F)(F)C(F)(F)C(F)(F)C(F)(F)F. The van der Waals surface area contributed by atoms with Crippen LogP contribution in [-0.4, -0.2) is 36.2 Å². The molecule has 14 heteroatoms. The van der Waals surface area contributed by atoms with Gasteiger partial charge in [-0.2, -0.15) is 47.9 Å². The van der Waals surface area contributed by atoms with E-state index < -0.39 is 41.3 Å². The van der Waals surface area contributed by atoms with Crippen molar-refractivity contribution in [3.8, 4) is 0 Å². The van der Waals surface area contributed by atoms with Crippen LogP contribution in [0, 0.1) is 0 Å². The Morgan fingerprint density at radius 1 is 0.490 bits per heavy atom. The van der Waals surface area contributed by atoms with Crippen molar-refractivity contribution < 1.29 is 52.5 Å². The first-order valence-corrected chi connectivity index (χ1v) is 19.8. The normalized spacial score (nSPS) is 12.9. The smallest absolute Gasteiger partial charge is 0.281 e. The van der Waals surface area contributed by atoms with E-state index in [0.29, 0.717) is 0 Å². The van der Waals surface area contributed by atoms with E-state index in [1.807, 2.05) is 0 Å². The van der Waals surface area contributed by atoms with Gasteiger partial charge >= 0.3 is 33.4 Å². The Labute approximate surface area is 296 Å². The van der Waals surface area contributed by atoms with E-state index >= 15 is 0 Å². The molecule has 0 aliphatic carbocycles. The zero-order valence-electron chi connectivity index (χ0n) is 28.9. The molecule has 0 bridgehead atoms. The van der Waals surface area contributed by atoms with Crippen molar-refractivity contribution >= 4 is 34.0 Å². The highest BCUT2D eigenvalue weighted by Crippen LogP contribution is 2.54. The van der Waals surface area contributed by atoms with E-state index in [4.69, 9.17) is 4.55 Å². The summed E-state index contributed by atoms with van der Waals surface area (Å²) in [5.74, 6) is -14.7. The summed E-state index contributed by atoms with van der Waals surface area (Å²) in [5, 5.41) is -2.61. The summed E-state index contributed by atoms with van der Waals surface area (Å²) >= 11 is 0. The lowest BCUT2D eigenvalue weighted by molar-refractivity contribution is -0.382. The molecule has 1 N–H and O–H groups in total. The molecule has 3 nitrogen and oxygen atoms in total. The second-order valence-corrected chi connectivity index (χ2v) is 16.0. The first-order valence-electron chi connectivity index (χ1n) is 17.0. The van der Waals surface area contributed by atoms with Crippen LogP contribution in [-0.2, 0) is 29.4 Å². The van der Waals surface area contributed by atoms with E-state index in [2.05, 4.69) is 93.6 Å². The number of rotatable bonds is 18. The maximum absolute atomic E-state index is 12.2. The minimum atomic E-state index is -7.37. The number of halogens is 9. The van der Waals surface area contributed by atoms with Crippen molar-refractivity contribution in [3.63, 3.8) is 0 Å². The van der Waals surface area contributed by atoms with Gasteiger partial charge in [-0.15, -0.1) is 0 Å². The fourth-order valence-corrected chi connectivity index (χ4v) is 7.83. The minimum absolute atomic E-state index is 0.531. The molecule has 0 aromatic heterocycles. The Hall–Kier alpha value is -2.63. The second-order valence-electron chi connectivity index (χ2n) is 12.3. The Morgan fingerprint density at radius 2 is 0.765 bits per heavy atom. The molecule has 0 saturated heterocycles. The Kier molecular flexibility index (Phi) is 17.0. The van der Waals surface area contributed by atoms with Crippen LogP contribution >= 0.6 is 7.92 Å². The van der Waals surface area contributed by atoms with Crippen molar-refractivity contribution in [2.45, 2.75) is 121 Å². The van der Waals surface area contributed by atoms with Crippen LogP contribution in [0.1, 0.15) is 95.2 Å². The first-order chi connectivity index (χ1) is 23.7. The van der Waals surface area contributed by atoms with E-state index in [1.165, 1.54) is 110 Å². The molecule has 0 unspecified atom stereocenters. The quantitative estimate of drug-likeness (QED) is 0.0606. The molecule has 0 fully saturated rings. The van der Waals surface area contributed by atoms with Crippen LogP contribution in [0.4, 0.5) is 39.5 Å². The molecular weight excluding hydrogens is 726 g/mol. The van der Waals surface area contributed by atoms with Gasteiger partial charge in [-0.3, -0.25) is 4.55 Å². The molecule has 0 amide bonds. The highest BCUT2D eigenvalue weighted by molar-refractivity contribution is 7.87. The van der Waals surface area contributed by atoms with Gasteiger partial charge in [0, 0.05) is 0 Å². The molecule has 3 aromatic rings. The van der Waals surface area contributed by atoms with Gasteiger partial charge in [0.1, 0.15) is 0 Å². The molecule has 51 heavy (non-hydrogen) atoms. The Balaban J connectivity index is 0.000000449. The van der Waals surface area contributed by atoms with Crippen LogP contribution in [0.25, 0.3) is 0 Å². The van der Waals surface area contributed by atoms with Gasteiger partial charge in [0.2, 0.25) is 0 Å².